The molecule has 0 unspecified atom stereocenters. The number of fused-ring (bicyclic) bond motifs is 4. The fourth-order valence-corrected chi connectivity index (χ4v) is 4.53. The van der Waals surface area contributed by atoms with Crippen LogP contribution in [-0.4, -0.2) is 27.7 Å². The maximum absolute atomic E-state index is 6.57. The first-order valence-corrected chi connectivity index (χ1v) is 11.6. The van der Waals surface area contributed by atoms with Gasteiger partial charge in [0.1, 0.15) is 0 Å². The minimum Gasteiger partial charge on any atom is -0.454 e. The average Bonchev–Trinajstić information content (AvgIpc) is 3.16. The van der Waals surface area contributed by atoms with Gasteiger partial charge in [-0.2, -0.15) is 4.98 Å². The van der Waals surface area contributed by atoms with Crippen LogP contribution in [0.4, 0.5) is 5.69 Å². The number of para-hydroxylation sites is 1. The quantitative estimate of drug-likeness (QED) is 0.373. The Bertz CT molecular complexity index is 1110. The summed E-state index contributed by atoms with van der Waals surface area (Å²) in [5.41, 5.74) is 3.06. The summed E-state index contributed by atoms with van der Waals surface area (Å²) in [6.07, 6.45) is 2.89. The van der Waals surface area contributed by atoms with Crippen molar-refractivity contribution in [1.82, 2.24) is 15.2 Å². The number of ether oxygens (including phenoxy) is 3. The molecular weight excluding hydrogens is 436 g/mol. The smallest absolute Gasteiger partial charge is 0.247 e. The van der Waals surface area contributed by atoms with Crippen LogP contribution in [0.3, 0.4) is 0 Å². The minimum atomic E-state index is -0.584. The van der Waals surface area contributed by atoms with Gasteiger partial charge in [-0.1, -0.05) is 61.3 Å². The monoisotopic (exact) mass is 456 g/mol. The Morgan fingerprint density at radius 1 is 1.13 bits per heavy atom. The van der Waals surface area contributed by atoms with E-state index in [4.69, 9.17) is 25.8 Å². The van der Waals surface area contributed by atoms with Crippen molar-refractivity contribution in [3.05, 3.63) is 47.0 Å². The van der Waals surface area contributed by atoms with Gasteiger partial charge in [-0.15, -0.1) is 10.2 Å². The summed E-state index contributed by atoms with van der Waals surface area (Å²) in [6, 6.07) is 11.4. The molecule has 1 N–H and O–H groups in total. The van der Waals surface area contributed by atoms with Crippen LogP contribution in [0.25, 0.3) is 11.3 Å². The number of halogens is 1. The molecule has 7 nitrogen and oxygen atoms in total. The molecule has 3 aromatic rings. The average molecular weight is 457 g/mol. The molecule has 160 valence electrons. The number of thioether (sulfide) groups is 1. The van der Waals surface area contributed by atoms with Crippen molar-refractivity contribution < 1.29 is 14.2 Å². The van der Waals surface area contributed by atoms with E-state index in [1.165, 1.54) is 12.8 Å². The maximum Gasteiger partial charge on any atom is 0.247 e. The summed E-state index contributed by atoms with van der Waals surface area (Å²) >= 11 is 8.16. The van der Waals surface area contributed by atoms with Crippen molar-refractivity contribution in [2.75, 3.05) is 17.9 Å². The predicted octanol–water partition coefficient (Wildman–Crippen LogP) is 5.71. The Morgan fingerprint density at radius 2 is 1.97 bits per heavy atom. The van der Waals surface area contributed by atoms with E-state index in [0.29, 0.717) is 33.3 Å². The third kappa shape index (κ3) is 4.09. The largest absolute Gasteiger partial charge is 0.454 e. The molecule has 0 fully saturated rings. The highest BCUT2D eigenvalue weighted by Crippen LogP contribution is 2.44. The van der Waals surface area contributed by atoms with Crippen molar-refractivity contribution >= 4 is 29.1 Å². The first kappa shape index (κ1) is 20.2. The second-order valence-corrected chi connectivity index (χ2v) is 8.69. The second-order valence-electron chi connectivity index (χ2n) is 7.22. The third-order valence-electron chi connectivity index (χ3n) is 5.09. The number of unbranched alkanes of at least 4 members (excludes halogenated alkanes) is 2. The SMILES string of the molecule is CCCCCSc1nnc2c(n1)O[C@@H](c1cc3c(cc1Cl)OCO3)Nc1ccccc1-2. The van der Waals surface area contributed by atoms with Crippen LogP contribution in [0.5, 0.6) is 17.4 Å². The van der Waals surface area contributed by atoms with Gasteiger partial charge in [0, 0.05) is 28.6 Å². The summed E-state index contributed by atoms with van der Waals surface area (Å²) in [5.74, 6) is 2.62. The molecule has 0 amide bonds. The number of nitrogens with zero attached hydrogens (tertiary/aromatic N) is 3. The number of benzene rings is 2. The van der Waals surface area contributed by atoms with Gasteiger partial charge in [0.25, 0.3) is 0 Å². The normalized spacial score (nSPS) is 16.0. The summed E-state index contributed by atoms with van der Waals surface area (Å²) < 4.78 is 17.3. The lowest BCUT2D eigenvalue weighted by molar-refractivity contribution is 0.173. The number of hydrogen-bond acceptors (Lipinski definition) is 8. The Kier molecular flexibility index (Phi) is 5.74. The van der Waals surface area contributed by atoms with Crippen LogP contribution in [0.2, 0.25) is 5.02 Å². The number of hydrogen-bond donors (Lipinski definition) is 1. The van der Waals surface area contributed by atoms with E-state index >= 15 is 0 Å². The molecule has 5 rings (SSSR count). The Labute approximate surface area is 189 Å². The lowest BCUT2D eigenvalue weighted by Crippen LogP contribution is -2.17. The fourth-order valence-electron chi connectivity index (χ4n) is 3.50. The highest BCUT2D eigenvalue weighted by atomic mass is 35.5. The standard InChI is InChI=1S/C22H21ClN4O3S/c1-2-3-6-9-31-22-25-21-19(26-27-22)13-7-4-5-8-16(13)24-20(30-21)14-10-17-18(11-15(14)23)29-12-28-17/h4-5,7-8,10-11,20,24H,2-3,6,9,12H2,1H3/t20-/m0/s1. The first-order valence-electron chi connectivity index (χ1n) is 10.2. The van der Waals surface area contributed by atoms with E-state index in [-0.39, 0.29) is 6.79 Å². The van der Waals surface area contributed by atoms with Gasteiger partial charge in [0.2, 0.25) is 17.8 Å². The molecule has 0 bridgehead atoms. The number of nitrogens with one attached hydrogen (secondary N) is 1. The van der Waals surface area contributed by atoms with Crippen LogP contribution >= 0.6 is 23.4 Å². The maximum atomic E-state index is 6.57. The van der Waals surface area contributed by atoms with Crippen LogP contribution in [0, 0.1) is 0 Å². The number of anilines is 1. The molecule has 2 aromatic carbocycles. The van der Waals surface area contributed by atoms with Gasteiger partial charge in [-0.05, 0) is 18.6 Å². The molecule has 0 radical (unpaired) electrons. The van der Waals surface area contributed by atoms with Crippen molar-refractivity contribution in [3.8, 4) is 28.6 Å². The minimum absolute atomic E-state index is 0.176. The first-order chi connectivity index (χ1) is 15.2. The molecular formula is C22H21ClN4O3S. The molecule has 2 aliphatic heterocycles. The Balaban J connectivity index is 1.52. The van der Waals surface area contributed by atoms with Gasteiger partial charge < -0.3 is 19.5 Å². The van der Waals surface area contributed by atoms with Gasteiger partial charge in [-0.25, -0.2) is 0 Å². The molecule has 0 aliphatic carbocycles. The van der Waals surface area contributed by atoms with E-state index in [2.05, 4.69) is 27.4 Å². The highest BCUT2D eigenvalue weighted by molar-refractivity contribution is 7.99. The Hall–Kier alpha value is -2.71. The Morgan fingerprint density at radius 3 is 2.84 bits per heavy atom. The van der Waals surface area contributed by atoms with Crippen molar-refractivity contribution in [1.29, 1.82) is 0 Å². The molecule has 0 saturated carbocycles. The molecule has 0 spiro atoms. The zero-order chi connectivity index (χ0) is 21.2. The molecule has 2 aliphatic rings. The summed E-state index contributed by atoms with van der Waals surface area (Å²) in [5, 5.41) is 13.3. The van der Waals surface area contributed by atoms with Crippen LogP contribution in [-0.2, 0) is 0 Å². The van der Waals surface area contributed by atoms with E-state index in [1.54, 1.807) is 17.8 Å². The molecule has 3 heterocycles. The molecule has 1 atom stereocenters. The van der Waals surface area contributed by atoms with Gasteiger partial charge in [0.05, 0.1) is 5.02 Å². The fraction of sp³-hybridized carbons (Fsp3) is 0.318. The molecule has 31 heavy (non-hydrogen) atoms. The van der Waals surface area contributed by atoms with E-state index < -0.39 is 6.23 Å². The number of aromatic nitrogens is 3. The van der Waals surface area contributed by atoms with Gasteiger partial charge >= 0.3 is 0 Å². The molecule has 0 saturated heterocycles. The molecule has 9 heteroatoms. The van der Waals surface area contributed by atoms with Crippen LogP contribution in [0.1, 0.15) is 38.0 Å². The van der Waals surface area contributed by atoms with Crippen molar-refractivity contribution in [2.45, 2.75) is 37.6 Å². The lowest BCUT2D eigenvalue weighted by Gasteiger charge is -2.20. The van der Waals surface area contributed by atoms with Crippen LogP contribution < -0.4 is 19.5 Å². The zero-order valence-electron chi connectivity index (χ0n) is 16.9. The highest BCUT2D eigenvalue weighted by Gasteiger charge is 2.29. The van der Waals surface area contributed by atoms with Gasteiger partial charge in [-0.3, -0.25) is 0 Å². The van der Waals surface area contributed by atoms with E-state index in [9.17, 15) is 0 Å². The third-order valence-corrected chi connectivity index (χ3v) is 6.34. The van der Waals surface area contributed by atoms with Gasteiger partial charge in [0.15, 0.2) is 23.4 Å². The topological polar surface area (TPSA) is 78.4 Å². The molecule has 1 aromatic heterocycles. The number of rotatable bonds is 6. The summed E-state index contributed by atoms with van der Waals surface area (Å²) in [7, 11) is 0. The zero-order valence-corrected chi connectivity index (χ0v) is 18.5. The summed E-state index contributed by atoms with van der Waals surface area (Å²) in [4.78, 5) is 4.68. The summed E-state index contributed by atoms with van der Waals surface area (Å²) in [6.45, 7) is 2.36. The van der Waals surface area contributed by atoms with E-state index in [0.717, 1.165) is 29.0 Å². The lowest BCUT2D eigenvalue weighted by atomic mass is 10.1. The van der Waals surface area contributed by atoms with Crippen molar-refractivity contribution in [3.63, 3.8) is 0 Å². The van der Waals surface area contributed by atoms with Crippen molar-refractivity contribution in [2.24, 2.45) is 0 Å². The van der Waals surface area contributed by atoms with Crippen LogP contribution in [0.15, 0.2) is 41.6 Å². The van der Waals surface area contributed by atoms with E-state index in [1.807, 2.05) is 30.3 Å². The predicted molar refractivity (Wildman–Crippen MR) is 120 cm³/mol. The second kappa shape index (κ2) is 8.80.